The van der Waals surface area contributed by atoms with Gasteiger partial charge in [-0.1, -0.05) is 37.1 Å². The van der Waals surface area contributed by atoms with Crippen LogP contribution in [0.1, 0.15) is 76.9 Å². The molecule has 2 amide bonds. The lowest BCUT2D eigenvalue weighted by atomic mass is 9.88. The van der Waals surface area contributed by atoms with Gasteiger partial charge in [-0.25, -0.2) is 4.39 Å². The van der Waals surface area contributed by atoms with Crippen LogP contribution in [0.4, 0.5) is 4.39 Å². The first kappa shape index (κ1) is 29.0. The van der Waals surface area contributed by atoms with Crippen molar-refractivity contribution in [1.82, 2.24) is 15.6 Å². The molecule has 1 aliphatic heterocycles. The van der Waals surface area contributed by atoms with Gasteiger partial charge in [-0.3, -0.25) is 14.6 Å². The smallest absolute Gasteiger partial charge is 0.255 e. The molecular weight excluding hydrogens is 569 g/mol. The number of nitrogens with one attached hydrogen (secondary N) is 2. The molecule has 2 heterocycles. The quantitative estimate of drug-likeness (QED) is 0.209. The molecule has 2 unspecified atom stereocenters. The number of benzene rings is 3. The van der Waals surface area contributed by atoms with E-state index in [1.165, 1.54) is 25.0 Å². The summed E-state index contributed by atoms with van der Waals surface area (Å²) in [7, 11) is 1.60. The number of pyridine rings is 1. The molecule has 4 aromatic rings. The highest BCUT2D eigenvalue weighted by atomic mass is 19.1. The maximum absolute atomic E-state index is 14.0. The van der Waals surface area contributed by atoms with Crippen LogP contribution in [0, 0.1) is 18.7 Å². The Balaban J connectivity index is 1.24. The highest BCUT2D eigenvalue weighted by Crippen LogP contribution is 2.48. The van der Waals surface area contributed by atoms with E-state index in [1.54, 1.807) is 25.4 Å². The lowest BCUT2D eigenvalue weighted by Gasteiger charge is -2.20. The molecule has 0 radical (unpaired) electrons. The number of aryl methyl sites for hydroxylation is 1. The summed E-state index contributed by atoms with van der Waals surface area (Å²) in [6.07, 6.45) is 6.26. The summed E-state index contributed by atoms with van der Waals surface area (Å²) in [4.78, 5) is 31.7. The topological polar surface area (TPSA) is 89.6 Å². The number of carbonyl (C=O) groups is 2. The lowest BCUT2D eigenvalue weighted by Crippen LogP contribution is -2.35. The third kappa shape index (κ3) is 5.77. The zero-order valence-electron chi connectivity index (χ0n) is 25.4. The van der Waals surface area contributed by atoms with E-state index in [-0.39, 0.29) is 17.6 Å². The molecule has 0 bridgehead atoms. The Kier molecular flexibility index (Phi) is 7.51. The fourth-order valence-electron chi connectivity index (χ4n) is 6.31. The minimum absolute atomic E-state index is 0.194. The van der Waals surface area contributed by atoms with Crippen LogP contribution < -0.4 is 20.1 Å². The number of nitrogens with zero attached hydrogens (tertiary/aromatic N) is 1. The van der Waals surface area contributed by atoms with Crippen LogP contribution in [0.2, 0.25) is 0 Å². The number of halogens is 1. The lowest BCUT2D eigenvalue weighted by molar-refractivity contribution is -0.123. The number of carbonyl (C=O) groups excluding carboxylic acids is 2. The molecule has 45 heavy (non-hydrogen) atoms. The number of ether oxygens (including phenoxy) is 2. The van der Waals surface area contributed by atoms with Gasteiger partial charge in [0.25, 0.3) is 5.91 Å². The second-order valence-corrected chi connectivity index (χ2v) is 12.4. The molecule has 0 saturated heterocycles. The van der Waals surface area contributed by atoms with Crippen LogP contribution in [0.3, 0.4) is 0 Å². The van der Waals surface area contributed by atoms with E-state index < -0.39 is 17.6 Å². The van der Waals surface area contributed by atoms with Crippen molar-refractivity contribution in [2.75, 3.05) is 13.7 Å². The van der Waals surface area contributed by atoms with Gasteiger partial charge in [-0.15, -0.1) is 0 Å². The van der Waals surface area contributed by atoms with Crippen molar-refractivity contribution >= 4 is 11.8 Å². The van der Waals surface area contributed by atoms with Crippen molar-refractivity contribution in [3.63, 3.8) is 0 Å². The number of aromatic nitrogens is 1. The third-order valence-electron chi connectivity index (χ3n) is 9.25. The normalized spacial score (nSPS) is 19.3. The molecule has 2 saturated carbocycles. The van der Waals surface area contributed by atoms with Crippen molar-refractivity contribution in [2.45, 2.75) is 56.6 Å². The van der Waals surface area contributed by atoms with Crippen LogP contribution in [-0.4, -0.2) is 30.5 Å². The second kappa shape index (κ2) is 11.7. The zero-order valence-corrected chi connectivity index (χ0v) is 25.4. The molecule has 1 aromatic heterocycles. The van der Waals surface area contributed by atoms with Crippen molar-refractivity contribution in [1.29, 1.82) is 0 Å². The Bertz CT molecular complexity index is 1750. The van der Waals surface area contributed by atoms with Crippen LogP contribution in [0.15, 0.2) is 79.0 Å². The average Bonchev–Trinajstić information content (AvgIpc) is 3.99. The molecule has 3 aliphatic rings. The number of amides is 2. The Labute approximate surface area is 262 Å². The van der Waals surface area contributed by atoms with Crippen LogP contribution >= 0.6 is 0 Å². The predicted octanol–water partition coefficient (Wildman–Crippen LogP) is 6.76. The number of likely N-dealkylation sites (N-methyl/N-ethyl adjacent to an activating group) is 1. The second-order valence-electron chi connectivity index (χ2n) is 12.4. The minimum Gasteiger partial charge on any atom is -0.493 e. The van der Waals surface area contributed by atoms with E-state index in [9.17, 15) is 14.0 Å². The Morgan fingerprint density at radius 1 is 1.04 bits per heavy atom. The van der Waals surface area contributed by atoms with Gasteiger partial charge in [-0.2, -0.15) is 0 Å². The molecule has 7 rings (SSSR count). The molecule has 2 fully saturated rings. The maximum Gasteiger partial charge on any atom is 0.255 e. The summed E-state index contributed by atoms with van der Waals surface area (Å²) >= 11 is 0. The van der Waals surface area contributed by atoms with Gasteiger partial charge in [-0.05, 0) is 103 Å². The summed E-state index contributed by atoms with van der Waals surface area (Å²) < 4.78 is 26.2. The van der Waals surface area contributed by atoms with Crippen molar-refractivity contribution in [3.8, 4) is 22.6 Å². The highest BCUT2D eigenvalue weighted by Gasteiger charge is 2.47. The van der Waals surface area contributed by atoms with Crippen LogP contribution in [0.25, 0.3) is 11.1 Å². The fourth-order valence-corrected chi connectivity index (χ4v) is 6.31. The summed E-state index contributed by atoms with van der Waals surface area (Å²) in [5.41, 5.74) is 4.97. The molecular formula is C37H36FN3O4. The predicted molar refractivity (Wildman–Crippen MR) is 169 cm³/mol. The Hall–Kier alpha value is -4.72. The van der Waals surface area contributed by atoms with E-state index in [2.05, 4.69) is 15.6 Å². The monoisotopic (exact) mass is 605 g/mol. The minimum atomic E-state index is -0.628. The van der Waals surface area contributed by atoms with E-state index in [1.807, 2.05) is 55.5 Å². The van der Waals surface area contributed by atoms with E-state index >= 15 is 0 Å². The van der Waals surface area contributed by atoms with Gasteiger partial charge in [0.2, 0.25) is 5.91 Å². The summed E-state index contributed by atoms with van der Waals surface area (Å²) in [5.74, 6) is 0.499. The van der Waals surface area contributed by atoms with E-state index in [4.69, 9.17) is 9.47 Å². The average molecular weight is 606 g/mol. The SMILES string of the molecule is CNC(=O)C1c2cc(-c3cc(C(=O)NC4(c5ccccn5)CC4)c(OCCC4CC4)cc3C)ccc2OC1c1ccc(F)cc1. The maximum atomic E-state index is 14.0. The van der Waals surface area contributed by atoms with Crippen LogP contribution in [-0.2, 0) is 10.3 Å². The van der Waals surface area contributed by atoms with E-state index in [0.29, 0.717) is 35.2 Å². The molecule has 2 N–H and O–H groups in total. The first-order valence-electron chi connectivity index (χ1n) is 15.6. The number of hydrogen-bond donors (Lipinski definition) is 2. The molecule has 2 atom stereocenters. The Morgan fingerprint density at radius 3 is 2.53 bits per heavy atom. The zero-order chi connectivity index (χ0) is 31.1. The Morgan fingerprint density at radius 2 is 1.84 bits per heavy atom. The third-order valence-corrected chi connectivity index (χ3v) is 9.25. The van der Waals surface area contributed by atoms with Gasteiger partial charge in [0.15, 0.2) is 0 Å². The van der Waals surface area contributed by atoms with Gasteiger partial charge < -0.3 is 20.1 Å². The highest BCUT2D eigenvalue weighted by molar-refractivity contribution is 5.99. The molecule has 8 heteroatoms. The van der Waals surface area contributed by atoms with Gasteiger partial charge in [0.1, 0.15) is 29.3 Å². The molecule has 3 aromatic carbocycles. The molecule has 2 aliphatic carbocycles. The summed E-state index contributed by atoms with van der Waals surface area (Å²) in [6.45, 7) is 2.56. The first-order valence-corrected chi connectivity index (χ1v) is 15.6. The molecule has 230 valence electrons. The number of rotatable bonds is 10. The largest absolute Gasteiger partial charge is 0.493 e. The van der Waals surface area contributed by atoms with Crippen LogP contribution in [0.5, 0.6) is 11.5 Å². The summed E-state index contributed by atoms with van der Waals surface area (Å²) in [6, 6.07) is 21.4. The fraction of sp³-hybridized carbons (Fsp3) is 0.324. The van der Waals surface area contributed by atoms with Crippen molar-refractivity contribution in [2.24, 2.45) is 5.92 Å². The van der Waals surface area contributed by atoms with Crippen molar-refractivity contribution in [3.05, 3.63) is 113 Å². The number of hydrogen-bond acceptors (Lipinski definition) is 5. The van der Waals surface area contributed by atoms with Gasteiger partial charge in [0.05, 0.1) is 23.4 Å². The molecule has 7 nitrogen and oxygen atoms in total. The molecule has 0 spiro atoms. The number of fused-ring (bicyclic) bond motifs is 1. The van der Waals surface area contributed by atoms with Gasteiger partial charge in [0, 0.05) is 18.8 Å². The first-order chi connectivity index (χ1) is 21.8. The van der Waals surface area contributed by atoms with Crippen molar-refractivity contribution < 1.29 is 23.5 Å². The van der Waals surface area contributed by atoms with E-state index in [0.717, 1.165) is 47.2 Å². The summed E-state index contributed by atoms with van der Waals surface area (Å²) in [5, 5.41) is 6.03. The van der Waals surface area contributed by atoms with Gasteiger partial charge >= 0.3 is 0 Å². The standard InChI is InChI=1S/C37H36FN3O4/c1-22-19-31(44-18-14-23-6-7-23)29(35(42)41-37(15-16-37)32-5-3-4-17-40-32)21-27(22)25-10-13-30-28(20-25)33(36(43)39-2)34(45-30)24-8-11-26(38)12-9-24/h3-5,8-13,17,19-21,23,33-34H,6-7,14-16,18H2,1-2H3,(H,39,43)(H,41,42).